The highest BCUT2D eigenvalue weighted by Crippen LogP contribution is 2.10. The van der Waals surface area contributed by atoms with Gasteiger partial charge in [-0.3, -0.25) is 4.98 Å². The topological polar surface area (TPSA) is 80.8 Å². The van der Waals surface area contributed by atoms with Gasteiger partial charge in [0.1, 0.15) is 5.82 Å². The largest absolute Gasteiger partial charge is 0.368 e. The van der Waals surface area contributed by atoms with E-state index in [1.807, 2.05) is 24.1 Å². The van der Waals surface area contributed by atoms with Gasteiger partial charge in [-0.05, 0) is 24.6 Å². The fourth-order valence-corrected chi connectivity index (χ4v) is 1.49. The van der Waals surface area contributed by atoms with E-state index < -0.39 is 0 Å². The molecule has 88 valence electrons. The van der Waals surface area contributed by atoms with Crippen molar-refractivity contribution in [2.45, 2.75) is 13.5 Å². The Kier molecular flexibility index (Phi) is 3.13. The third kappa shape index (κ3) is 2.87. The Morgan fingerprint density at radius 3 is 2.53 bits per heavy atom. The van der Waals surface area contributed by atoms with Crippen LogP contribution >= 0.6 is 0 Å². The van der Waals surface area contributed by atoms with E-state index in [2.05, 4.69) is 19.9 Å². The summed E-state index contributed by atoms with van der Waals surface area (Å²) < 4.78 is 0. The Bertz CT molecular complexity index is 478. The van der Waals surface area contributed by atoms with Gasteiger partial charge in [0.05, 0.1) is 0 Å². The molecular formula is C11H14N6. The van der Waals surface area contributed by atoms with Crippen LogP contribution in [-0.2, 0) is 6.54 Å². The van der Waals surface area contributed by atoms with Crippen LogP contribution in [0.15, 0.2) is 24.5 Å². The molecule has 0 amide bonds. The molecule has 0 aliphatic rings. The Hall–Kier alpha value is -2.24. The molecule has 0 aliphatic heterocycles. The van der Waals surface area contributed by atoms with Gasteiger partial charge in [-0.15, -0.1) is 0 Å². The first-order valence-corrected chi connectivity index (χ1v) is 5.23. The minimum Gasteiger partial charge on any atom is -0.368 e. The molecule has 17 heavy (non-hydrogen) atoms. The first-order chi connectivity index (χ1) is 8.15. The summed E-state index contributed by atoms with van der Waals surface area (Å²) in [6.07, 6.45) is 3.52. The van der Waals surface area contributed by atoms with Gasteiger partial charge in [0.15, 0.2) is 0 Å². The molecule has 2 aromatic heterocycles. The number of aryl methyl sites for hydroxylation is 1. The summed E-state index contributed by atoms with van der Waals surface area (Å²) in [6.45, 7) is 2.49. The molecule has 0 radical (unpaired) electrons. The molecule has 0 saturated heterocycles. The standard InChI is InChI=1S/C11H14N6/c1-8-14-10(12)16-11(15-8)17(2)7-9-3-5-13-6-4-9/h3-6H,7H2,1-2H3,(H2,12,14,15,16). The predicted molar refractivity (Wildman–Crippen MR) is 65.3 cm³/mol. The van der Waals surface area contributed by atoms with E-state index >= 15 is 0 Å². The van der Waals surface area contributed by atoms with Gasteiger partial charge in [-0.1, -0.05) is 0 Å². The van der Waals surface area contributed by atoms with Crippen molar-refractivity contribution in [3.05, 3.63) is 35.9 Å². The van der Waals surface area contributed by atoms with Crippen LogP contribution < -0.4 is 10.6 Å². The summed E-state index contributed by atoms with van der Waals surface area (Å²) in [5.74, 6) is 1.44. The molecule has 0 atom stereocenters. The molecule has 0 bridgehead atoms. The molecule has 2 N–H and O–H groups in total. The minimum atomic E-state index is 0.245. The number of hydrogen-bond acceptors (Lipinski definition) is 6. The van der Waals surface area contributed by atoms with Crippen LogP contribution in [0, 0.1) is 6.92 Å². The number of nitrogen functional groups attached to an aromatic ring is 1. The van der Waals surface area contributed by atoms with E-state index in [0.29, 0.717) is 18.3 Å². The lowest BCUT2D eigenvalue weighted by atomic mass is 10.2. The number of hydrogen-bond donors (Lipinski definition) is 1. The van der Waals surface area contributed by atoms with Crippen molar-refractivity contribution in [1.82, 2.24) is 19.9 Å². The van der Waals surface area contributed by atoms with Crippen LogP contribution in [-0.4, -0.2) is 27.0 Å². The van der Waals surface area contributed by atoms with Crippen molar-refractivity contribution < 1.29 is 0 Å². The van der Waals surface area contributed by atoms with E-state index in [0.717, 1.165) is 5.56 Å². The molecular weight excluding hydrogens is 216 g/mol. The van der Waals surface area contributed by atoms with Crippen molar-refractivity contribution in [2.75, 3.05) is 17.7 Å². The first-order valence-electron chi connectivity index (χ1n) is 5.23. The minimum absolute atomic E-state index is 0.245. The van der Waals surface area contributed by atoms with Gasteiger partial charge in [0.2, 0.25) is 11.9 Å². The van der Waals surface area contributed by atoms with E-state index in [-0.39, 0.29) is 5.95 Å². The van der Waals surface area contributed by atoms with Crippen molar-refractivity contribution >= 4 is 11.9 Å². The molecule has 6 heteroatoms. The zero-order valence-corrected chi connectivity index (χ0v) is 9.83. The van der Waals surface area contributed by atoms with Crippen LogP contribution in [0.4, 0.5) is 11.9 Å². The molecule has 0 aromatic carbocycles. The summed E-state index contributed by atoms with van der Waals surface area (Å²) >= 11 is 0. The molecule has 2 rings (SSSR count). The Balaban J connectivity index is 2.17. The number of anilines is 2. The number of nitrogens with zero attached hydrogens (tertiary/aromatic N) is 5. The van der Waals surface area contributed by atoms with Crippen LogP contribution in [0.2, 0.25) is 0 Å². The Morgan fingerprint density at radius 2 is 1.88 bits per heavy atom. The van der Waals surface area contributed by atoms with Crippen molar-refractivity contribution in [2.24, 2.45) is 0 Å². The smallest absolute Gasteiger partial charge is 0.230 e. The van der Waals surface area contributed by atoms with Gasteiger partial charge in [0, 0.05) is 26.0 Å². The number of pyridine rings is 1. The van der Waals surface area contributed by atoms with E-state index in [1.54, 1.807) is 19.3 Å². The second kappa shape index (κ2) is 4.73. The van der Waals surface area contributed by atoms with E-state index in [1.165, 1.54) is 0 Å². The van der Waals surface area contributed by atoms with Crippen LogP contribution in [0.25, 0.3) is 0 Å². The maximum atomic E-state index is 5.59. The highest BCUT2D eigenvalue weighted by atomic mass is 15.3. The molecule has 0 aliphatic carbocycles. The van der Waals surface area contributed by atoms with E-state index in [9.17, 15) is 0 Å². The van der Waals surface area contributed by atoms with Crippen LogP contribution in [0.1, 0.15) is 11.4 Å². The predicted octanol–water partition coefficient (Wildman–Crippen LogP) is 0.794. The monoisotopic (exact) mass is 230 g/mol. The summed E-state index contributed by atoms with van der Waals surface area (Å²) in [4.78, 5) is 18.2. The van der Waals surface area contributed by atoms with Gasteiger partial charge in [-0.25, -0.2) is 0 Å². The quantitative estimate of drug-likeness (QED) is 0.839. The number of nitrogens with two attached hydrogens (primary N) is 1. The molecule has 0 fully saturated rings. The normalized spacial score (nSPS) is 10.2. The third-order valence-electron chi connectivity index (χ3n) is 2.26. The lowest BCUT2D eigenvalue weighted by Gasteiger charge is -2.17. The summed E-state index contributed by atoms with van der Waals surface area (Å²) in [5.41, 5.74) is 6.73. The van der Waals surface area contributed by atoms with Gasteiger partial charge in [-0.2, -0.15) is 15.0 Å². The maximum Gasteiger partial charge on any atom is 0.230 e. The summed E-state index contributed by atoms with van der Waals surface area (Å²) in [6, 6.07) is 3.90. The average Bonchev–Trinajstić information content (AvgIpc) is 2.29. The van der Waals surface area contributed by atoms with Crippen molar-refractivity contribution in [3.8, 4) is 0 Å². The molecule has 0 unspecified atom stereocenters. The molecule has 6 nitrogen and oxygen atoms in total. The van der Waals surface area contributed by atoms with E-state index in [4.69, 9.17) is 5.73 Å². The SMILES string of the molecule is Cc1nc(N)nc(N(C)Cc2ccncc2)n1. The van der Waals surface area contributed by atoms with Gasteiger partial charge >= 0.3 is 0 Å². The molecule has 2 heterocycles. The highest BCUT2D eigenvalue weighted by molar-refractivity contribution is 5.34. The molecule has 2 aromatic rings. The van der Waals surface area contributed by atoms with Crippen molar-refractivity contribution in [1.29, 1.82) is 0 Å². The third-order valence-corrected chi connectivity index (χ3v) is 2.26. The van der Waals surface area contributed by atoms with Crippen molar-refractivity contribution in [3.63, 3.8) is 0 Å². The van der Waals surface area contributed by atoms with Gasteiger partial charge in [0.25, 0.3) is 0 Å². The van der Waals surface area contributed by atoms with Gasteiger partial charge < -0.3 is 10.6 Å². The Morgan fingerprint density at radius 1 is 1.18 bits per heavy atom. The zero-order chi connectivity index (χ0) is 12.3. The second-order valence-electron chi connectivity index (χ2n) is 3.75. The molecule has 0 spiro atoms. The van der Waals surface area contributed by atoms with Crippen LogP contribution in [0.5, 0.6) is 0 Å². The highest BCUT2D eigenvalue weighted by Gasteiger charge is 2.07. The Labute approximate surface area is 99.6 Å². The fraction of sp³-hybridized carbons (Fsp3) is 0.273. The summed E-state index contributed by atoms with van der Waals surface area (Å²) in [7, 11) is 1.91. The lowest BCUT2D eigenvalue weighted by molar-refractivity contribution is 0.841. The fourth-order valence-electron chi connectivity index (χ4n) is 1.49. The number of rotatable bonds is 3. The zero-order valence-electron chi connectivity index (χ0n) is 9.83. The van der Waals surface area contributed by atoms with Crippen LogP contribution in [0.3, 0.4) is 0 Å². The first kappa shape index (κ1) is 11.3. The number of aromatic nitrogens is 4. The lowest BCUT2D eigenvalue weighted by Crippen LogP contribution is -2.20. The summed E-state index contributed by atoms with van der Waals surface area (Å²) in [5, 5.41) is 0. The average molecular weight is 230 g/mol. The molecule has 0 saturated carbocycles. The second-order valence-corrected chi connectivity index (χ2v) is 3.75. The maximum absolute atomic E-state index is 5.59.